The molecule has 0 bridgehead atoms. The van der Waals surface area contributed by atoms with Crippen molar-refractivity contribution in [2.45, 2.75) is 57.4 Å². The normalized spacial score (nSPS) is 21.1. The second-order valence-corrected chi connectivity index (χ2v) is 12.3. The molecule has 5 rings (SSSR count). The number of carbonyl (C=O) groups excluding carboxylic acids is 1. The van der Waals surface area contributed by atoms with E-state index >= 15 is 4.39 Å². The Balaban J connectivity index is 1.53. The fourth-order valence-electron chi connectivity index (χ4n) is 6.37. The van der Waals surface area contributed by atoms with E-state index in [1.165, 1.54) is 11.0 Å². The summed E-state index contributed by atoms with van der Waals surface area (Å²) in [5, 5.41) is 9.47. The number of fused-ring (bicyclic) bond motifs is 1. The number of anilines is 2. The summed E-state index contributed by atoms with van der Waals surface area (Å²) in [6, 6.07) is 4.32. The van der Waals surface area contributed by atoms with Gasteiger partial charge in [-0.05, 0) is 58.5 Å². The topological polar surface area (TPSA) is 88.8 Å². The molecule has 1 saturated heterocycles. The maximum atomic E-state index is 15.1. The molecule has 2 aromatic rings. The standard InChI is InChI=1S/C31H37F4N7O2/c1-5-26(43)41-14-13-40(16-21(41)9-12-36)28-22-15-20(2)42(27-23(31(33,34)35)7-6-8-24(27)32)17-25(22)37-29(38-28)44-19-30(10-11-30)18-39(3)4/h5-8,20-21H,1,9-11,13-19H2,2-4H3/t20-,21+/m1/s1. The Bertz CT molecular complexity index is 1450. The number of ether oxygens (including phenoxy) is 1. The summed E-state index contributed by atoms with van der Waals surface area (Å²) in [5.41, 5.74) is -0.375. The Morgan fingerprint density at radius 2 is 2.02 bits per heavy atom. The van der Waals surface area contributed by atoms with Crippen LogP contribution < -0.4 is 14.5 Å². The lowest BCUT2D eigenvalue weighted by molar-refractivity contribution is -0.137. The van der Waals surface area contributed by atoms with Crippen molar-refractivity contribution in [3.63, 3.8) is 0 Å². The van der Waals surface area contributed by atoms with Crippen molar-refractivity contribution in [2.75, 3.05) is 56.7 Å². The molecule has 2 fully saturated rings. The zero-order valence-corrected chi connectivity index (χ0v) is 25.2. The number of nitrogens with zero attached hydrogens (tertiary/aromatic N) is 7. The molecule has 13 heteroatoms. The first-order valence-electron chi connectivity index (χ1n) is 14.7. The number of alkyl halides is 3. The van der Waals surface area contributed by atoms with Gasteiger partial charge in [-0.15, -0.1) is 0 Å². The van der Waals surface area contributed by atoms with Gasteiger partial charge in [-0.25, -0.2) is 4.39 Å². The number of rotatable bonds is 9. The van der Waals surface area contributed by atoms with Crippen LogP contribution in [0.4, 0.5) is 29.1 Å². The number of hydrogen-bond donors (Lipinski definition) is 0. The maximum Gasteiger partial charge on any atom is 0.418 e. The Hall–Kier alpha value is -3.92. The minimum atomic E-state index is -4.74. The van der Waals surface area contributed by atoms with Gasteiger partial charge in [-0.1, -0.05) is 12.6 Å². The SMILES string of the molecule is C=CC(=O)N1CCN(c2nc(OCC3(CN(C)C)CC3)nc3c2C[C@@H](C)N(c2c(F)cccc2C(F)(F)F)C3)C[C@@H]1CC#N. The molecule has 1 saturated carbocycles. The molecule has 2 atom stereocenters. The van der Waals surface area contributed by atoms with Crippen molar-refractivity contribution in [1.82, 2.24) is 19.8 Å². The highest BCUT2D eigenvalue weighted by atomic mass is 19.4. The van der Waals surface area contributed by atoms with Crippen molar-refractivity contribution in [3.8, 4) is 12.1 Å². The third-order valence-electron chi connectivity index (χ3n) is 8.66. The minimum Gasteiger partial charge on any atom is -0.463 e. The smallest absolute Gasteiger partial charge is 0.418 e. The van der Waals surface area contributed by atoms with Crippen LogP contribution in [0.1, 0.15) is 43.0 Å². The summed E-state index contributed by atoms with van der Waals surface area (Å²) in [5.74, 6) is -0.654. The van der Waals surface area contributed by atoms with E-state index in [0.717, 1.165) is 43.1 Å². The van der Waals surface area contributed by atoms with Gasteiger partial charge in [0.25, 0.3) is 0 Å². The van der Waals surface area contributed by atoms with Crippen molar-refractivity contribution in [3.05, 3.63) is 53.5 Å². The maximum absolute atomic E-state index is 15.1. The fourth-order valence-corrected chi connectivity index (χ4v) is 6.37. The molecular formula is C31H37F4N7O2. The van der Waals surface area contributed by atoms with Crippen LogP contribution in [-0.4, -0.2) is 84.6 Å². The van der Waals surface area contributed by atoms with Crippen molar-refractivity contribution in [1.29, 1.82) is 5.26 Å². The van der Waals surface area contributed by atoms with Crippen LogP contribution in [-0.2, 0) is 23.9 Å². The van der Waals surface area contributed by atoms with Crippen LogP contribution in [0.2, 0.25) is 0 Å². The van der Waals surface area contributed by atoms with Gasteiger partial charge >= 0.3 is 12.2 Å². The number of aromatic nitrogens is 2. The molecule has 1 aromatic carbocycles. The lowest BCUT2D eigenvalue weighted by Crippen LogP contribution is -2.55. The first-order valence-corrected chi connectivity index (χ1v) is 14.7. The van der Waals surface area contributed by atoms with Gasteiger partial charge in [0, 0.05) is 43.2 Å². The largest absolute Gasteiger partial charge is 0.463 e. The molecule has 1 amide bonds. The first kappa shape index (κ1) is 31.5. The van der Waals surface area contributed by atoms with Gasteiger partial charge in [0.1, 0.15) is 11.6 Å². The Morgan fingerprint density at radius 3 is 2.66 bits per heavy atom. The van der Waals surface area contributed by atoms with Crippen molar-refractivity contribution in [2.24, 2.45) is 5.41 Å². The second kappa shape index (κ2) is 12.2. The third-order valence-corrected chi connectivity index (χ3v) is 8.66. The molecule has 3 aliphatic rings. The molecule has 3 heterocycles. The van der Waals surface area contributed by atoms with Gasteiger partial charge in [0.2, 0.25) is 5.91 Å². The number of halogens is 4. The number of piperazine rings is 1. The average Bonchev–Trinajstić information content (AvgIpc) is 3.73. The molecule has 0 N–H and O–H groups in total. The minimum absolute atomic E-state index is 0.0210. The number of hydrogen-bond acceptors (Lipinski definition) is 8. The van der Waals surface area contributed by atoms with Crippen molar-refractivity contribution >= 4 is 17.4 Å². The predicted molar refractivity (Wildman–Crippen MR) is 157 cm³/mol. The molecule has 0 radical (unpaired) electrons. The van der Waals surface area contributed by atoms with E-state index in [4.69, 9.17) is 9.72 Å². The number of benzene rings is 1. The van der Waals surface area contributed by atoms with Gasteiger partial charge in [-0.2, -0.15) is 28.4 Å². The predicted octanol–water partition coefficient (Wildman–Crippen LogP) is 4.42. The Kier molecular flexibility index (Phi) is 8.75. The lowest BCUT2D eigenvalue weighted by Gasteiger charge is -2.43. The molecule has 1 aliphatic carbocycles. The lowest BCUT2D eigenvalue weighted by atomic mass is 9.96. The van der Waals surface area contributed by atoms with E-state index in [-0.39, 0.29) is 36.7 Å². The van der Waals surface area contributed by atoms with Crippen molar-refractivity contribution < 1.29 is 27.1 Å². The quantitative estimate of drug-likeness (QED) is 0.303. The van der Waals surface area contributed by atoms with E-state index in [2.05, 4.69) is 22.5 Å². The fraction of sp³-hybridized carbons (Fsp3) is 0.548. The average molecular weight is 616 g/mol. The van der Waals surface area contributed by atoms with E-state index in [9.17, 15) is 23.2 Å². The van der Waals surface area contributed by atoms with Crippen LogP contribution in [0.25, 0.3) is 0 Å². The number of carbonyl (C=O) groups is 1. The summed E-state index contributed by atoms with van der Waals surface area (Å²) in [6.07, 6.45) is -1.15. The number of para-hydroxylation sites is 1. The van der Waals surface area contributed by atoms with E-state index in [1.54, 1.807) is 11.8 Å². The second-order valence-electron chi connectivity index (χ2n) is 12.3. The van der Waals surface area contributed by atoms with Crippen LogP contribution in [0.5, 0.6) is 6.01 Å². The van der Waals surface area contributed by atoms with E-state index in [0.29, 0.717) is 37.8 Å². The molecular weight excluding hydrogens is 578 g/mol. The molecule has 9 nitrogen and oxygen atoms in total. The van der Waals surface area contributed by atoms with E-state index < -0.39 is 35.3 Å². The summed E-state index contributed by atoms with van der Waals surface area (Å²) < 4.78 is 63.3. The summed E-state index contributed by atoms with van der Waals surface area (Å²) in [6.45, 7) is 7.54. The van der Waals surface area contributed by atoms with Crippen LogP contribution in [0, 0.1) is 22.6 Å². The van der Waals surface area contributed by atoms with Crippen LogP contribution >= 0.6 is 0 Å². The summed E-state index contributed by atoms with van der Waals surface area (Å²) in [7, 11) is 3.99. The van der Waals surface area contributed by atoms with Gasteiger partial charge in [-0.3, -0.25) is 4.79 Å². The van der Waals surface area contributed by atoms with E-state index in [1.807, 2.05) is 19.0 Å². The highest BCUT2D eigenvalue weighted by Gasteiger charge is 2.45. The Morgan fingerprint density at radius 1 is 1.27 bits per heavy atom. The zero-order chi connectivity index (χ0) is 31.8. The van der Waals surface area contributed by atoms with Gasteiger partial charge < -0.3 is 24.3 Å². The Labute approximate surface area is 254 Å². The highest BCUT2D eigenvalue weighted by Crippen LogP contribution is 2.46. The summed E-state index contributed by atoms with van der Waals surface area (Å²) >= 11 is 0. The highest BCUT2D eigenvalue weighted by molar-refractivity contribution is 5.87. The monoisotopic (exact) mass is 615 g/mol. The molecule has 0 unspecified atom stereocenters. The zero-order valence-electron chi connectivity index (χ0n) is 25.2. The van der Waals surface area contributed by atoms with Crippen LogP contribution in [0.15, 0.2) is 30.9 Å². The molecule has 1 aromatic heterocycles. The number of nitriles is 1. The third kappa shape index (κ3) is 6.45. The van der Waals surface area contributed by atoms with Gasteiger partial charge in [0.15, 0.2) is 0 Å². The molecule has 2 aliphatic heterocycles. The number of amides is 1. The van der Waals surface area contributed by atoms with Crippen LogP contribution in [0.3, 0.4) is 0 Å². The molecule has 0 spiro atoms. The molecule has 44 heavy (non-hydrogen) atoms. The summed E-state index contributed by atoms with van der Waals surface area (Å²) in [4.78, 5) is 29.1. The first-order chi connectivity index (χ1) is 20.9. The molecule has 236 valence electrons. The van der Waals surface area contributed by atoms with Gasteiger partial charge in [0.05, 0.1) is 48.6 Å².